The van der Waals surface area contributed by atoms with E-state index in [9.17, 15) is 4.79 Å². The van der Waals surface area contributed by atoms with Crippen LogP contribution in [-0.4, -0.2) is 37.3 Å². The van der Waals surface area contributed by atoms with Crippen LogP contribution in [0.1, 0.15) is 32.7 Å². The highest BCUT2D eigenvalue weighted by molar-refractivity contribution is 7.16. The number of imidazole rings is 1. The predicted molar refractivity (Wildman–Crippen MR) is 124 cm³/mol. The molecule has 5 aromatic rings. The molecule has 32 heavy (non-hydrogen) atoms. The van der Waals surface area contributed by atoms with Gasteiger partial charge in [0.05, 0.1) is 23.9 Å². The Labute approximate surface area is 188 Å². The molecule has 4 heterocycles. The minimum Gasteiger partial charge on any atom is -0.348 e. The zero-order chi connectivity index (χ0) is 21.5. The van der Waals surface area contributed by atoms with E-state index in [4.69, 9.17) is 0 Å². The van der Waals surface area contributed by atoms with Crippen molar-refractivity contribution in [1.29, 1.82) is 0 Å². The predicted octanol–water partition coefficient (Wildman–Crippen LogP) is 4.87. The van der Waals surface area contributed by atoms with Crippen LogP contribution in [0.15, 0.2) is 79.4 Å². The lowest BCUT2D eigenvalue weighted by Gasteiger charge is -2.35. The molecule has 6 rings (SSSR count). The summed E-state index contributed by atoms with van der Waals surface area (Å²) in [5.41, 5.74) is 3.83. The molecule has 1 atom stereocenters. The van der Waals surface area contributed by atoms with Crippen LogP contribution in [0.4, 0.5) is 0 Å². The number of carbonyl (C=O) groups excluding carboxylic acids is 1. The van der Waals surface area contributed by atoms with Crippen LogP contribution in [0.3, 0.4) is 0 Å². The van der Waals surface area contributed by atoms with Crippen LogP contribution in [0.2, 0.25) is 0 Å². The number of aromatic nitrogens is 4. The Morgan fingerprint density at radius 2 is 1.88 bits per heavy atom. The van der Waals surface area contributed by atoms with E-state index in [0.717, 1.165) is 39.5 Å². The molecule has 0 saturated carbocycles. The van der Waals surface area contributed by atoms with Gasteiger partial charge in [-0.3, -0.25) is 9.78 Å². The van der Waals surface area contributed by atoms with Crippen LogP contribution in [0.5, 0.6) is 0 Å². The number of hydrogen-bond acceptors (Lipinski definition) is 5. The van der Waals surface area contributed by atoms with Crippen LogP contribution in [0, 0.1) is 0 Å². The molecule has 0 unspecified atom stereocenters. The van der Waals surface area contributed by atoms with Gasteiger partial charge >= 0.3 is 0 Å². The summed E-state index contributed by atoms with van der Waals surface area (Å²) in [5, 5.41) is 3.07. The summed E-state index contributed by atoms with van der Waals surface area (Å²) < 4.78 is 0. The molecular formula is C25H19N5OS. The first-order valence-electron chi connectivity index (χ1n) is 10.5. The summed E-state index contributed by atoms with van der Waals surface area (Å²) in [6, 6.07) is 20.1. The minimum absolute atomic E-state index is 0.0310. The molecule has 1 aliphatic heterocycles. The Balaban J connectivity index is 1.40. The van der Waals surface area contributed by atoms with Crippen LogP contribution in [0.25, 0.3) is 21.5 Å². The van der Waals surface area contributed by atoms with Crippen molar-refractivity contribution in [2.45, 2.75) is 12.5 Å². The normalized spacial score (nSPS) is 15.6. The summed E-state index contributed by atoms with van der Waals surface area (Å²) in [7, 11) is 0. The molecule has 3 aromatic heterocycles. The van der Waals surface area contributed by atoms with E-state index in [1.54, 1.807) is 18.7 Å². The molecule has 0 bridgehead atoms. The molecule has 1 amide bonds. The van der Waals surface area contributed by atoms with Crippen LogP contribution in [-0.2, 0) is 6.42 Å². The number of hydrogen-bond donors (Lipinski definition) is 1. The standard InChI is InChI=1S/C25H19N5OS/c31-25(21-14-27-24(32-21)20-7-3-4-11-26-20)30-12-10-19-22(29-15-28-19)23(30)18-9-8-16-5-1-2-6-17(16)13-18/h1-9,11,13-15,23H,10,12H2,(H,28,29)/t23-/m0/s1. The van der Waals surface area contributed by atoms with E-state index in [0.29, 0.717) is 11.4 Å². The van der Waals surface area contributed by atoms with Crippen LogP contribution < -0.4 is 0 Å². The number of pyridine rings is 1. The van der Waals surface area contributed by atoms with E-state index in [2.05, 4.69) is 50.3 Å². The second-order valence-electron chi connectivity index (χ2n) is 7.77. The van der Waals surface area contributed by atoms with Crippen molar-refractivity contribution in [3.8, 4) is 10.7 Å². The number of rotatable bonds is 3. The second-order valence-corrected chi connectivity index (χ2v) is 8.80. The number of fused-ring (bicyclic) bond motifs is 2. The monoisotopic (exact) mass is 437 g/mol. The maximum atomic E-state index is 13.7. The highest BCUT2D eigenvalue weighted by Gasteiger charge is 2.35. The third-order valence-electron chi connectivity index (χ3n) is 5.88. The summed E-state index contributed by atoms with van der Waals surface area (Å²) in [6.07, 6.45) is 5.86. The van der Waals surface area contributed by atoms with Gasteiger partial charge in [-0.25, -0.2) is 9.97 Å². The van der Waals surface area contributed by atoms with Crippen molar-refractivity contribution >= 4 is 28.0 Å². The van der Waals surface area contributed by atoms with E-state index in [1.165, 1.54) is 16.7 Å². The van der Waals surface area contributed by atoms with Gasteiger partial charge in [-0.05, 0) is 34.5 Å². The zero-order valence-electron chi connectivity index (χ0n) is 17.1. The molecule has 1 aliphatic rings. The molecule has 156 valence electrons. The maximum Gasteiger partial charge on any atom is 0.266 e. The molecule has 7 heteroatoms. The Morgan fingerprint density at radius 1 is 1.00 bits per heavy atom. The zero-order valence-corrected chi connectivity index (χ0v) is 17.9. The van der Waals surface area contributed by atoms with Crippen molar-refractivity contribution in [1.82, 2.24) is 24.8 Å². The van der Waals surface area contributed by atoms with Gasteiger partial charge < -0.3 is 9.88 Å². The van der Waals surface area contributed by atoms with Crippen molar-refractivity contribution < 1.29 is 4.79 Å². The molecule has 0 spiro atoms. The molecule has 0 fully saturated rings. The molecule has 2 aromatic carbocycles. The van der Waals surface area contributed by atoms with Gasteiger partial charge in [-0.15, -0.1) is 11.3 Å². The molecule has 0 aliphatic carbocycles. The third-order valence-corrected chi connectivity index (χ3v) is 6.88. The van der Waals surface area contributed by atoms with Gasteiger partial charge in [0.15, 0.2) is 0 Å². The number of carbonyl (C=O) groups is 1. The highest BCUT2D eigenvalue weighted by atomic mass is 32.1. The fraction of sp³-hybridized carbons (Fsp3) is 0.120. The lowest BCUT2D eigenvalue weighted by Crippen LogP contribution is -2.40. The summed E-state index contributed by atoms with van der Waals surface area (Å²) in [4.78, 5) is 32.9. The first kappa shape index (κ1) is 18.9. The van der Waals surface area contributed by atoms with Crippen molar-refractivity contribution in [3.63, 3.8) is 0 Å². The lowest BCUT2D eigenvalue weighted by molar-refractivity contribution is 0.0695. The fourth-order valence-electron chi connectivity index (χ4n) is 4.33. The molecule has 6 nitrogen and oxygen atoms in total. The van der Waals surface area contributed by atoms with Gasteiger partial charge in [0.25, 0.3) is 5.91 Å². The van der Waals surface area contributed by atoms with Crippen molar-refractivity contribution in [2.75, 3.05) is 6.54 Å². The van der Waals surface area contributed by atoms with Gasteiger partial charge in [0.2, 0.25) is 0 Å². The van der Waals surface area contributed by atoms with E-state index in [1.807, 2.05) is 35.2 Å². The number of amides is 1. The van der Waals surface area contributed by atoms with E-state index in [-0.39, 0.29) is 11.9 Å². The first-order chi connectivity index (χ1) is 15.8. The quantitative estimate of drug-likeness (QED) is 0.437. The third kappa shape index (κ3) is 3.18. The Morgan fingerprint density at radius 3 is 2.75 bits per heavy atom. The topological polar surface area (TPSA) is 74.8 Å². The average molecular weight is 438 g/mol. The largest absolute Gasteiger partial charge is 0.348 e. The fourth-order valence-corrected chi connectivity index (χ4v) is 5.18. The molecule has 0 saturated heterocycles. The summed E-state index contributed by atoms with van der Waals surface area (Å²) in [5.74, 6) is -0.0310. The summed E-state index contributed by atoms with van der Waals surface area (Å²) in [6.45, 7) is 0.613. The number of nitrogens with zero attached hydrogens (tertiary/aromatic N) is 4. The number of nitrogens with one attached hydrogen (secondary N) is 1. The van der Waals surface area contributed by atoms with Crippen LogP contribution >= 0.6 is 11.3 Å². The smallest absolute Gasteiger partial charge is 0.266 e. The second kappa shape index (κ2) is 7.69. The number of thiazole rings is 1. The Kier molecular flexibility index (Phi) is 4.54. The highest BCUT2D eigenvalue weighted by Crippen LogP contribution is 2.36. The Bertz CT molecular complexity index is 1420. The van der Waals surface area contributed by atoms with Gasteiger partial charge in [0, 0.05) is 24.9 Å². The molecular weight excluding hydrogens is 418 g/mol. The average Bonchev–Trinajstić information content (AvgIpc) is 3.53. The molecule has 1 N–H and O–H groups in total. The van der Waals surface area contributed by atoms with E-state index >= 15 is 0 Å². The Hall–Kier alpha value is -3.84. The van der Waals surface area contributed by atoms with Crippen molar-refractivity contribution in [2.24, 2.45) is 0 Å². The van der Waals surface area contributed by atoms with Crippen molar-refractivity contribution in [3.05, 3.63) is 101 Å². The van der Waals surface area contributed by atoms with E-state index < -0.39 is 0 Å². The first-order valence-corrected chi connectivity index (χ1v) is 11.3. The minimum atomic E-state index is -0.248. The van der Waals surface area contributed by atoms with Gasteiger partial charge in [0.1, 0.15) is 15.9 Å². The van der Waals surface area contributed by atoms with Gasteiger partial charge in [-0.2, -0.15) is 0 Å². The van der Waals surface area contributed by atoms with Gasteiger partial charge in [-0.1, -0.05) is 42.5 Å². The SMILES string of the molecule is O=C(c1cnc(-c2ccccn2)s1)N1CCc2[nH]cnc2[C@@H]1c1ccc2ccccc2c1. The lowest BCUT2D eigenvalue weighted by atomic mass is 9.93. The molecule has 0 radical (unpaired) electrons. The summed E-state index contributed by atoms with van der Waals surface area (Å²) >= 11 is 1.38. The number of benzene rings is 2. The number of H-pyrrole nitrogens is 1. The number of aromatic amines is 1. The maximum absolute atomic E-state index is 13.7.